The van der Waals surface area contributed by atoms with Crippen LogP contribution in [0.3, 0.4) is 0 Å². The van der Waals surface area contributed by atoms with Gasteiger partial charge in [0.05, 0.1) is 12.2 Å². The third kappa shape index (κ3) is 4.89. The van der Waals surface area contributed by atoms with Crippen molar-refractivity contribution in [1.29, 1.82) is 0 Å². The van der Waals surface area contributed by atoms with Crippen LogP contribution >= 0.6 is 0 Å². The molecule has 0 radical (unpaired) electrons. The lowest BCUT2D eigenvalue weighted by atomic mass is 9.89. The number of benzene rings is 2. The molecular weight excluding hydrogens is 370 g/mol. The number of carboxylic acid groups (broad SMARTS) is 1. The molecule has 4 N–H and O–H groups in total. The Labute approximate surface area is 171 Å². The van der Waals surface area contributed by atoms with Gasteiger partial charge in [0.1, 0.15) is 11.5 Å². The second-order valence-electron chi connectivity index (χ2n) is 8.34. The van der Waals surface area contributed by atoms with E-state index in [9.17, 15) is 15.0 Å². The fourth-order valence-corrected chi connectivity index (χ4v) is 3.73. The molecule has 2 aromatic carbocycles. The molecule has 0 saturated heterocycles. The number of phenolic OH excluding ortho intramolecular Hbond substituents is 1. The minimum absolute atomic E-state index is 0.0915. The van der Waals surface area contributed by atoms with Crippen LogP contribution in [0.15, 0.2) is 30.3 Å². The first kappa shape index (κ1) is 21.1. The molecule has 0 aliphatic carbocycles. The van der Waals surface area contributed by atoms with Crippen molar-refractivity contribution in [2.45, 2.75) is 58.3 Å². The Bertz CT molecular complexity index is 901. The first-order valence-corrected chi connectivity index (χ1v) is 9.90. The summed E-state index contributed by atoms with van der Waals surface area (Å²) in [7, 11) is 0. The molecule has 0 unspecified atom stereocenters. The normalized spacial score (nSPS) is 14.8. The lowest BCUT2D eigenvalue weighted by Crippen LogP contribution is -2.35. The molecule has 3 rings (SSSR count). The number of nitrogens with two attached hydrogens (primary N) is 1. The molecule has 0 saturated carbocycles. The number of hydrogen-bond acceptors (Lipinski definition) is 5. The van der Waals surface area contributed by atoms with Crippen LogP contribution in [0, 0.1) is 0 Å². The van der Waals surface area contributed by atoms with E-state index >= 15 is 0 Å². The average Bonchev–Trinajstić information content (AvgIpc) is 2.66. The number of carboxylic acids is 1. The zero-order chi connectivity index (χ0) is 21.2. The highest BCUT2D eigenvalue weighted by Gasteiger charge is 2.28. The molecule has 0 bridgehead atoms. The van der Waals surface area contributed by atoms with Crippen molar-refractivity contribution < 1.29 is 24.5 Å². The van der Waals surface area contributed by atoms with Crippen molar-refractivity contribution in [2.75, 3.05) is 6.61 Å². The summed E-state index contributed by atoms with van der Waals surface area (Å²) in [6.45, 7) is 6.40. The van der Waals surface area contributed by atoms with Gasteiger partial charge in [0.15, 0.2) is 6.10 Å². The lowest BCUT2D eigenvalue weighted by molar-refractivity contribution is -0.159. The predicted molar refractivity (Wildman–Crippen MR) is 111 cm³/mol. The Hall–Kier alpha value is -2.57. The van der Waals surface area contributed by atoms with Gasteiger partial charge in [0.25, 0.3) is 0 Å². The number of aromatic hydroxyl groups is 1. The Kier molecular flexibility index (Phi) is 6.15. The van der Waals surface area contributed by atoms with Gasteiger partial charge in [-0.15, -0.1) is 0 Å². The molecule has 0 spiro atoms. The highest BCUT2D eigenvalue weighted by Crippen LogP contribution is 2.39. The standard InChI is InChI=1S/C23H29NO5/c1-23(2,3)29-20(22(26)27)12-17-16(13-24)6-8-18(25)21(17)15-7-9-19-14(11-15)5-4-10-28-19/h6-9,11,20,25H,4-5,10,12-13,24H2,1-3H3,(H,26,27)/t20-/m0/s1. The molecule has 1 aliphatic heterocycles. The smallest absolute Gasteiger partial charge is 0.333 e. The second kappa shape index (κ2) is 8.43. The minimum Gasteiger partial charge on any atom is -0.507 e. The van der Waals surface area contributed by atoms with E-state index in [0.717, 1.165) is 35.3 Å². The van der Waals surface area contributed by atoms with Crippen molar-refractivity contribution in [1.82, 2.24) is 0 Å². The summed E-state index contributed by atoms with van der Waals surface area (Å²) in [6.07, 6.45) is 0.900. The number of ether oxygens (including phenoxy) is 2. The van der Waals surface area contributed by atoms with E-state index < -0.39 is 17.7 Å². The van der Waals surface area contributed by atoms with E-state index in [1.54, 1.807) is 12.1 Å². The fourth-order valence-electron chi connectivity index (χ4n) is 3.73. The largest absolute Gasteiger partial charge is 0.507 e. The van der Waals surface area contributed by atoms with Crippen LogP contribution in [0.2, 0.25) is 0 Å². The molecule has 0 fully saturated rings. The lowest BCUT2D eigenvalue weighted by Gasteiger charge is -2.27. The summed E-state index contributed by atoms with van der Waals surface area (Å²) < 4.78 is 11.5. The van der Waals surface area contributed by atoms with Crippen molar-refractivity contribution in [3.63, 3.8) is 0 Å². The summed E-state index contributed by atoms with van der Waals surface area (Å²) in [6, 6.07) is 9.16. The van der Waals surface area contributed by atoms with E-state index in [-0.39, 0.29) is 18.7 Å². The number of phenols is 1. The van der Waals surface area contributed by atoms with E-state index in [2.05, 4.69) is 0 Å². The third-order valence-electron chi connectivity index (χ3n) is 4.97. The summed E-state index contributed by atoms with van der Waals surface area (Å²) in [5.74, 6) is -0.0969. The van der Waals surface area contributed by atoms with Crippen LogP contribution in [0.4, 0.5) is 0 Å². The quantitative estimate of drug-likeness (QED) is 0.685. The predicted octanol–water partition coefficient (Wildman–Crippen LogP) is 3.65. The third-order valence-corrected chi connectivity index (χ3v) is 4.97. The van der Waals surface area contributed by atoms with Gasteiger partial charge in [0, 0.05) is 18.5 Å². The minimum atomic E-state index is -1.05. The first-order valence-electron chi connectivity index (χ1n) is 9.90. The Morgan fingerprint density at radius 2 is 2.03 bits per heavy atom. The van der Waals surface area contributed by atoms with Gasteiger partial charge in [-0.25, -0.2) is 4.79 Å². The number of carbonyl (C=O) groups is 1. The van der Waals surface area contributed by atoms with E-state index in [0.29, 0.717) is 17.7 Å². The molecule has 2 aromatic rings. The van der Waals surface area contributed by atoms with Crippen LogP contribution in [0.5, 0.6) is 11.5 Å². The zero-order valence-electron chi connectivity index (χ0n) is 17.2. The van der Waals surface area contributed by atoms with Gasteiger partial charge in [-0.3, -0.25) is 0 Å². The molecule has 0 amide bonds. The maximum absolute atomic E-state index is 11.9. The highest BCUT2D eigenvalue weighted by atomic mass is 16.5. The Morgan fingerprint density at radius 3 is 2.69 bits per heavy atom. The summed E-state index contributed by atoms with van der Waals surface area (Å²) in [5.41, 5.74) is 9.31. The Morgan fingerprint density at radius 1 is 1.28 bits per heavy atom. The Balaban J connectivity index is 2.09. The SMILES string of the molecule is CC(C)(C)O[C@@H](Cc1c(CN)ccc(O)c1-c1ccc2c(c1)CCCO2)C(=O)O. The zero-order valence-corrected chi connectivity index (χ0v) is 17.2. The summed E-state index contributed by atoms with van der Waals surface area (Å²) >= 11 is 0. The summed E-state index contributed by atoms with van der Waals surface area (Å²) in [5, 5.41) is 20.4. The van der Waals surface area contributed by atoms with Crippen LogP contribution in [0.25, 0.3) is 11.1 Å². The molecule has 6 heteroatoms. The van der Waals surface area contributed by atoms with Gasteiger partial charge in [-0.1, -0.05) is 12.1 Å². The first-order chi connectivity index (χ1) is 13.7. The van der Waals surface area contributed by atoms with Gasteiger partial charge in [-0.05, 0) is 74.1 Å². The van der Waals surface area contributed by atoms with Gasteiger partial charge in [0.2, 0.25) is 0 Å². The topological polar surface area (TPSA) is 102 Å². The van der Waals surface area contributed by atoms with E-state index in [1.165, 1.54) is 0 Å². The number of hydrogen-bond donors (Lipinski definition) is 3. The van der Waals surface area contributed by atoms with Crippen LogP contribution < -0.4 is 10.5 Å². The number of fused-ring (bicyclic) bond motifs is 1. The van der Waals surface area contributed by atoms with Crippen LogP contribution in [-0.4, -0.2) is 34.5 Å². The maximum atomic E-state index is 11.9. The summed E-state index contributed by atoms with van der Waals surface area (Å²) in [4.78, 5) is 11.9. The fraction of sp³-hybridized carbons (Fsp3) is 0.435. The molecule has 156 valence electrons. The van der Waals surface area contributed by atoms with E-state index in [4.69, 9.17) is 15.2 Å². The molecule has 0 aromatic heterocycles. The maximum Gasteiger partial charge on any atom is 0.333 e. The molecule has 1 heterocycles. The van der Waals surface area contributed by atoms with Crippen molar-refractivity contribution in [2.24, 2.45) is 5.73 Å². The van der Waals surface area contributed by atoms with Crippen molar-refractivity contribution in [3.8, 4) is 22.6 Å². The van der Waals surface area contributed by atoms with E-state index in [1.807, 2.05) is 39.0 Å². The second-order valence-corrected chi connectivity index (χ2v) is 8.34. The molecule has 1 aliphatic rings. The number of aliphatic carboxylic acids is 1. The number of aryl methyl sites for hydroxylation is 1. The average molecular weight is 399 g/mol. The van der Waals surface area contributed by atoms with Gasteiger partial charge < -0.3 is 25.4 Å². The van der Waals surface area contributed by atoms with Crippen LogP contribution in [-0.2, 0) is 28.9 Å². The molecular formula is C23H29NO5. The van der Waals surface area contributed by atoms with Gasteiger partial charge >= 0.3 is 5.97 Å². The molecule has 1 atom stereocenters. The van der Waals surface area contributed by atoms with Gasteiger partial charge in [-0.2, -0.15) is 0 Å². The van der Waals surface area contributed by atoms with Crippen molar-refractivity contribution >= 4 is 5.97 Å². The molecule has 6 nitrogen and oxygen atoms in total. The number of rotatable bonds is 6. The highest BCUT2D eigenvalue weighted by molar-refractivity contribution is 5.78. The van der Waals surface area contributed by atoms with Crippen LogP contribution in [0.1, 0.15) is 43.9 Å². The van der Waals surface area contributed by atoms with Crippen molar-refractivity contribution in [3.05, 3.63) is 47.0 Å². The molecule has 29 heavy (non-hydrogen) atoms. The monoisotopic (exact) mass is 399 g/mol.